The fourth-order valence-corrected chi connectivity index (χ4v) is 2.18. The Morgan fingerprint density at radius 2 is 2.12 bits per heavy atom. The second-order valence-corrected chi connectivity index (χ2v) is 5.84. The fraction of sp³-hybridized carbons (Fsp3) is 0.294. The van der Waals surface area contributed by atoms with Gasteiger partial charge in [0.2, 0.25) is 17.7 Å². The molecule has 0 spiro atoms. The molecule has 3 rings (SSSR count). The zero-order valence-corrected chi connectivity index (χ0v) is 13.9. The zero-order chi connectivity index (χ0) is 17.8. The van der Waals surface area contributed by atoms with Crippen molar-refractivity contribution in [3.05, 3.63) is 58.7 Å². The second-order valence-electron chi connectivity index (χ2n) is 5.84. The molecule has 0 unspecified atom stereocenters. The van der Waals surface area contributed by atoms with Crippen LogP contribution >= 0.6 is 0 Å². The van der Waals surface area contributed by atoms with Crippen LogP contribution in [0.2, 0.25) is 0 Å². The van der Waals surface area contributed by atoms with Crippen LogP contribution in [0.3, 0.4) is 0 Å². The smallest absolute Gasteiger partial charge is 0.251 e. The van der Waals surface area contributed by atoms with E-state index in [2.05, 4.69) is 15.5 Å². The first-order valence-corrected chi connectivity index (χ1v) is 7.86. The van der Waals surface area contributed by atoms with Gasteiger partial charge in [0, 0.05) is 18.2 Å². The number of rotatable bonds is 6. The van der Waals surface area contributed by atoms with Gasteiger partial charge in [-0.15, -0.1) is 10.2 Å². The van der Waals surface area contributed by atoms with Crippen molar-refractivity contribution >= 4 is 5.91 Å². The minimum Gasteiger partial charge on any atom is -0.467 e. The van der Waals surface area contributed by atoms with Gasteiger partial charge >= 0.3 is 0 Å². The summed E-state index contributed by atoms with van der Waals surface area (Å²) in [6.07, 6.45) is 3.07. The molecule has 3 heterocycles. The number of nitrogens with zero attached hydrogens (tertiary/aromatic N) is 3. The average Bonchev–Trinajstić information content (AvgIpc) is 3.26. The Morgan fingerprint density at radius 1 is 1.28 bits per heavy atom. The van der Waals surface area contributed by atoms with Crippen molar-refractivity contribution < 1.29 is 13.6 Å². The van der Waals surface area contributed by atoms with Crippen molar-refractivity contribution in [2.24, 2.45) is 0 Å². The molecule has 8 heteroatoms. The number of amides is 1. The Hall–Kier alpha value is -3.16. The molecule has 0 aliphatic carbocycles. The lowest BCUT2D eigenvalue weighted by Gasteiger charge is -2.07. The molecule has 25 heavy (non-hydrogen) atoms. The topological polar surface area (TPSA) is 103 Å². The number of aromatic nitrogens is 3. The van der Waals surface area contributed by atoms with Crippen LogP contribution in [0.5, 0.6) is 0 Å². The number of furan rings is 1. The largest absolute Gasteiger partial charge is 0.467 e. The summed E-state index contributed by atoms with van der Waals surface area (Å²) in [5.41, 5.74) is 0.290. The standard InChI is InChI=1S/C17H18N4O4/c1-11(2)16-19-20-17(25-16)12-5-6-15(23)21(9-12)10-14(22)18-8-13-4-3-7-24-13/h3-7,9,11H,8,10H2,1-2H3,(H,18,22). The van der Waals surface area contributed by atoms with Gasteiger partial charge in [0.05, 0.1) is 18.4 Å². The molecule has 130 valence electrons. The van der Waals surface area contributed by atoms with Gasteiger partial charge in [-0.2, -0.15) is 0 Å². The number of hydrogen-bond acceptors (Lipinski definition) is 6. The lowest BCUT2D eigenvalue weighted by atomic mass is 10.2. The lowest BCUT2D eigenvalue weighted by molar-refractivity contribution is -0.121. The molecule has 0 fully saturated rings. The average molecular weight is 342 g/mol. The van der Waals surface area contributed by atoms with E-state index < -0.39 is 0 Å². The van der Waals surface area contributed by atoms with E-state index in [1.54, 1.807) is 18.2 Å². The van der Waals surface area contributed by atoms with Crippen molar-refractivity contribution in [2.75, 3.05) is 0 Å². The van der Waals surface area contributed by atoms with Crippen molar-refractivity contribution in [1.29, 1.82) is 0 Å². The van der Waals surface area contributed by atoms with E-state index in [1.807, 2.05) is 13.8 Å². The minimum absolute atomic E-state index is 0.111. The van der Waals surface area contributed by atoms with Crippen molar-refractivity contribution in [1.82, 2.24) is 20.1 Å². The maximum absolute atomic E-state index is 12.0. The van der Waals surface area contributed by atoms with Crippen LogP contribution < -0.4 is 10.9 Å². The van der Waals surface area contributed by atoms with Gasteiger partial charge in [0.15, 0.2) is 0 Å². The third kappa shape index (κ3) is 4.03. The molecule has 0 saturated heterocycles. The Labute approximate surface area is 143 Å². The number of pyridine rings is 1. The van der Waals surface area contributed by atoms with E-state index in [-0.39, 0.29) is 30.5 Å². The molecule has 0 saturated carbocycles. The van der Waals surface area contributed by atoms with Gasteiger partial charge < -0.3 is 18.7 Å². The molecule has 8 nitrogen and oxygen atoms in total. The zero-order valence-electron chi connectivity index (χ0n) is 13.9. The van der Waals surface area contributed by atoms with E-state index in [9.17, 15) is 9.59 Å². The van der Waals surface area contributed by atoms with E-state index in [0.29, 0.717) is 23.1 Å². The van der Waals surface area contributed by atoms with Crippen LogP contribution in [0.4, 0.5) is 0 Å². The Balaban J connectivity index is 1.72. The van der Waals surface area contributed by atoms with Crippen molar-refractivity contribution in [3.8, 4) is 11.5 Å². The monoisotopic (exact) mass is 342 g/mol. The lowest BCUT2D eigenvalue weighted by Crippen LogP contribution is -2.31. The maximum atomic E-state index is 12.0. The number of hydrogen-bond donors (Lipinski definition) is 1. The molecule has 3 aromatic heterocycles. The minimum atomic E-state index is -0.302. The Kier molecular flexibility index (Phi) is 4.78. The first kappa shape index (κ1) is 16.7. The van der Waals surface area contributed by atoms with Gasteiger partial charge in [-0.1, -0.05) is 13.8 Å². The molecular weight excluding hydrogens is 324 g/mol. The third-order valence-electron chi connectivity index (χ3n) is 3.52. The molecule has 0 aliphatic rings. The molecule has 0 atom stereocenters. The summed E-state index contributed by atoms with van der Waals surface area (Å²) in [5, 5.41) is 10.6. The SMILES string of the molecule is CC(C)c1nnc(-c2ccc(=O)n(CC(=O)NCc3ccco3)c2)o1. The van der Waals surface area contributed by atoms with E-state index in [4.69, 9.17) is 8.83 Å². The third-order valence-corrected chi connectivity index (χ3v) is 3.52. The van der Waals surface area contributed by atoms with Gasteiger partial charge in [0.25, 0.3) is 5.56 Å². The van der Waals surface area contributed by atoms with Crippen LogP contribution in [-0.2, 0) is 17.9 Å². The molecule has 0 aromatic carbocycles. The highest BCUT2D eigenvalue weighted by atomic mass is 16.4. The summed E-state index contributed by atoms with van der Waals surface area (Å²) in [6.45, 7) is 4.05. The Morgan fingerprint density at radius 3 is 2.80 bits per heavy atom. The summed E-state index contributed by atoms with van der Waals surface area (Å²) in [6, 6.07) is 6.46. The van der Waals surface area contributed by atoms with Crippen molar-refractivity contribution in [2.45, 2.75) is 32.9 Å². The Bertz CT molecular complexity index is 909. The first-order chi connectivity index (χ1) is 12.0. The molecule has 1 N–H and O–H groups in total. The van der Waals surface area contributed by atoms with E-state index in [1.165, 1.54) is 23.1 Å². The van der Waals surface area contributed by atoms with E-state index >= 15 is 0 Å². The van der Waals surface area contributed by atoms with Crippen LogP contribution in [-0.4, -0.2) is 20.7 Å². The molecule has 3 aromatic rings. The summed E-state index contributed by atoms with van der Waals surface area (Å²) in [4.78, 5) is 24.0. The predicted molar refractivity (Wildman–Crippen MR) is 88.6 cm³/mol. The molecule has 0 aliphatic heterocycles. The van der Waals surface area contributed by atoms with Gasteiger partial charge in [-0.05, 0) is 18.2 Å². The van der Waals surface area contributed by atoms with Crippen LogP contribution in [0.25, 0.3) is 11.5 Å². The quantitative estimate of drug-likeness (QED) is 0.734. The van der Waals surface area contributed by atoms with Crippen molar-refractivity contribution in [3.63, 3.8) is 0 Å². The van der Waals surface area contributed by atoms with Gasteiger partial charge in [-0.25, -0.2) is 0 Å². The normalized spacial score (nSPS) is 11.0. The first-order valence-electron chi connectivity index (χ1n) is 7.86. The molecular formula is C17H18N4O4. The predicted octanol–water partition coefficient (Wildman–Crippen LogP) is 1.93. The highest BCUT2D eigenvalue weighted by Gasteiger charge is 2.13. The van der Waals surface area contributed by atoms with Gasteiger partial charge in [0.1, 0.15) is 12.3 Å². The summed E-state index contributed by atoms with van der Waals surface area (Å²) >= 11 is 0. The van der Waals surface area contributed by atoms with E-state index in [0.717, 1.165) is 0 Å². The maximum Gasteiger partial charge on any atom is 0.251 e. The highest BCUT2D eigenvalue weighted by Crippen LogP contribution is 2.20. The number of carbonyl (C=O) groups excluding carboxylic acids is 1. The molecule has 1 amide bonds. The molecule has 0 radical (unpaired) electrons. The summed E-state index contributed by atoms with van der Waals surface area (Å²) in [7, 11) is 0. The second kappa shape index (κ2) is 7.16. The summed E-state index contributed by atoms with van der Waals surface area (Å²) in [5.74, 6) is 1.28. The fourth-order valence-electron chi connectivity index (χ4n) is 2.18. The summed E-state index contributed by atoms with van der Waals surface area (Å²) < 4.78 is 12.0. The van der Waals surface area contributed by atoms with Crippen LogP contribution in [0.15, 0.2) is 50.4 Å². The van der Waals surface area contributed by atoms with Crippen LogP contribution in [0, 0.1) is 0 Å². The number of nitrogens with one attached hydrogen (secondary N) is 1. The van der Waals surface area contributed by atoms with Gasteiger partial charge in [-0.3, -0.25) is 9.59 Å². The number of carbonyl (C=O) groups is 1. The van der Waals surface area contributed by atoms with Crippen LogP contribution in [0.1, 0.15) is 31.4 Å². The highest BCUT2D eigenvalue weighted by molar-refractivity contribution is 5.75. The molecule has 0 bridgehead atoms.